The molecule has 8 nitrogen and oxygen atoms in total. The van der Waals surface area contributed by atoms with E-state index in [2.05, 4.69) is 22.3 Å². The molecule has 2 aromatic carbocycles. The van der Waals surface area contributed by atoms with Crippen molar-refractivity contribution in [2.75, 3.05) is 12.3 Å². The third kappa shape index (κ3) is 7.11. The topological polar surface area (TPSA) is 123 Å². The summed E-state index contributed by atoms with van der Waals surface area (Å²) in [5, 5.41) is 20.9. The number of rotatable bonds is 11. The third-order valence-corrected chi connectivity index (χ3v) is 5.72. The molecule has 204 valence electrons. The van der Waals surface area contributed by atoms with Gasteiger partial charge in [-0.25, -0.2) is 13.5 Å². The Balaban J connectivity index is 1.75. The van der Waals surface area contributed by atoms with Gasteiger partial charge in [0, 0.05) is 29.0 Å². The van der Waals surface area contributed by atoms with Crippen LogP contribution < -0.4 is 26.8 Å². The first-order valence-electron chi connectivity index (χ1n) is 12.1. The van der Waals surface area contributed by atoms with Gasteiger partial charge in [-0.15, -0.1) is 0 Å². The lowest BCUT2D eigenvalue weighted by Crippen LogP contribution is -2.43. The highest BCUT2D eigenvalue weighted by Crippen LogP contribution is 2.34. The number of ether oxygens (including phenoxy) is 1. The van der Waals surface area contributed by atoms with E-state index in [1.54, 1.807) is 43.3 Å². The summed E-state index contributed by atoms with van der Waals surface area (Å²) in [7, 11) is 0. The molecule has 0 saturated carbocycles. The highest BCUT2D eigenvalue weighted by Gasteiger charge is 2.37. The largest absolute Gasteiger partial charge is 0.454 e. The van der Waals surface area contributed by atoms with Crippen LogP contribution in [0.1, 0.15) is 44.9 Å². The molecule has 3 aromatic rings. The van der Waals surface area contributed by atoms with Crippen molar-refractivity contribution in [3.05, 3.63) is 89.7 Å². The van der Waals surface area contributed by atoms with Gasteiger partial charge in [-0.05, 0) is 76.6 Å². The zero-order chi connectivity index (χ0) is 28.3. The Morgan fingerprint density at radius 1 is 1.26 bits per heavy atom. The lowest BCUT2D eigenvalue weighted by Gasteiger charge is -2.29. The number of aliphatic hydroxyl groups is 1. The smallest absolute Gasteiger partial charge is 0.208 e. The SMILES string of the molecule is C=C(/C=C(\C)NCC(C)(C)N)NC(C)(F)C(O)c1cnn(-c2ccc(Oc3ccccc3F)cc2C)c1N. The molecule has 38 heavy (non-hydrogen) atoms. The molecule has 0 fully saturated rings. The second-order valence-corrected chi connectivity index (χ2v) is 10.2. The van der Waals surface area contributed by atoms with Gasteiger partial charge in [0.05, 0.1) is 11.9 Å². The number of nitrogens with two attached hydrogens (primary N) is 2. The molecule has 0 aliphatic carbocycles. The molecule has 0 bridgehead atoms. The average Bonchev–Trinajstić information content (AvgIpc) is 3.18. The van der Waals surface area contributed by atoms with E-state index >= 15 is 4.39 Å². The summed E-state index contributed by atoms with van der Waals surface area (Å²) < 4.78 is 36.5. The van der Waals surface area contributed by atoms with Crippen LogP contribution in [-0.2, 0) is 0 Å². The number of hydrogen-bond donors (Lipinski definition) is 5. The minimum atomic E-state index is -2.31. The van der Waals surface area contributed by atoms with Gasteiger partial charge in [-0.1, -0.05) is 18.7 Å². The number of aryl methyl sites for hydroxylation is 1. The molecule has 0 aliphatic heterocycles. The molecule has 0 radical (unpaired) electrons. The number of nitrogens with zero attached hydrogens (tertiary/aromatic N) is 2. The fraction of sp³-hybridized carbons (Fsp3) is 0.321. The number of aromatic nitrogens is 2. The normalized spacial score (nSPS) is 14.5. The molecule has 10 heteroatoms. The van der Waals surface area contributed by atoms with Crippen LogP contribution in [0.15, 0.2) is 72.7 Å². The van der Waals surface area contributed by atoms with Gasteiger partial charge in [-0.2, -0.15) is 5.10 Å². The van der Waals surface area contributed by atoms with E-state index in [0.717, 1.165) is 11.3 Å². The Bertz CT molecular complexity index is 1330. The molecule has 1 aromatic heterocycles. The first kappa shape index (κ1) is 28.7. The van der Waals surface area contributed by atoms with Crippen LogP contribution in [0.4, 0.5) is 14.6 Å². The number of nitrogens with one attached hydrogen (secondary N) is 2. The maximum Gasteiger partial charge on any atom is 0.208 e. The molecule has 0 aliphatic rings. The van der Waals surface area contributed by atoms with Crippen LogP contribution in [0.2, 0.25) is 0 Å². The van der Waals surface area contributed by atoms with Crippen molar-refractivity contribution < 1.29 is 18.6 Å². The Morgan fingerprint density at radius 2 is 1.95 bits per heavy atom. The Kier molecular flexibility index (Phi) is 8.48. The van der Waals surface area contributed by atoms with Crippen LogP contribution >= 0.6 is 0 Å². The van der Waals surface area contributed by atoms with Gasteiger partial charge >= 0.3 is 0 Å². The summed E-state index contributed by atoms with van der Waals surface area (Å²) in [4.78, 5) is 0. The molecule has 3 rings (SSSR count). The second kappa shape index (κ2) is 11.2. The highest BCUT2D eigenvalue weighted by molar-refractivity contribution is 5.53. The number of allylic oxidation sites excluding steroid dienone is 2. The van der Waals surface area contributed by atoms with Gasteiger partial charge < -0.3 is 31.9 Å². The second-order valence-electron chi connectivity index (χ2n) is 10.2. The summed E-state index contributed by atoms with van der Waals surface area (Å²) in [5.74, 6) is -2.19. The van der Waals surface area contributed by atoms with Crippen molar-refractivity contribution in [3.8, 4) is 17.2 Å². The maximum absolute atomic E-state index is 15.6. The predicted molar refractivity (Wildman–Crippen MR) is 146 cm³/mol. The molecule has 0 saturated heterocycles. The lowest BCUT2D eigenvalue weighted by molar-refractivity contribution is -0.0141. The molecule has 0 amide bonds. The molecular weight excluding hydrogens is 490 g/mol. The van der Waals surface area contributed by atoms with Crippen molar-refractivity contribution in [2.24, 2.45) is 5.73 Å². The van der Waals surface area contributed by atoms with Crippen molar-refractivity contribution in [1.29, 1.82) is 0 Å². The number of hydrogen-bond acceptors (Lipinski definition) is 7. The number of alkyl halides is 1. The van der Waals surface area contributed by atoms with E-state index in [9.17, 15) is 9.50 Å². The number of anilines is 1. The van der Waals surface area contributed by atoms with Crippen molar-refractivity contribution >= 4 is 5.82 Å². The molecule has 2 unspecified atom stereocenters. The highest BCUT2D eigenvalue weighted by atomic mass is 19.1. The Morgan fingerprint density at radius 3 is 2.58 bits per heavy atom. The predicted octanol–water partition coefficient (Wildman–Crippen LogP) is 4.75. The van der Waals surface area contributed by atoms with Crippen LogP contribution in [0, 0.1) is 12.7 Å². The van der Waals surface area contributed by atoms with Gasteiger partial charge in [0.15, 0.2) is 11.6 Å². The molecule has 0 spiro atoms. The summed E-state index contributed by atoms with van der Waals surface area (Å²) in [6.07, 6.45) is 1.29. The van der Waals surface area contributed by atoms with E-state index < -0.39 is 23.3 Å². The van der Waals surface area contributed by atoms with E-state index in [-0.39, 0.29) is 22.8 Å². The number of benzene rings is 2. The summed E-state index contributed by atoms with van der Waals surface area (Å²) in [6.45, 7) is 12.9. The molecule has 1 heterocycles. The first-order chi connectivity index (χ1) is 17.7. The molecule has 7 N–H and O–H groups in total. The Hall–Kier alpha value is -3.89. The summed E-state index contributed by atoms with van der Waals surface area (Å²) in [5.41, 5.74) is 14.2. The average molecular weight is 527 g/mol. The molecule has 2 atom stereocenters. The van der Waals surface area contributed by atoms with Crippen molar-refractivity contribution in [3.63, 3.8) is 0 Å². The fourth-order valence-corrected chi connectivity index (χ4v) is 3.75. The number of para-hydroxylation sites is 1. The lowest BCUT2D eigenvalue weighted by atomic mass is 10.0. The van der Waals surface area contributed by atoms with E-state index in [4.69, 9.17) is 16.2 Å². The summed E-state index contributed by atoms with van der Waals surface area (Å²) in [6, 6.07) is 11.1. The quantitative estimate of drug-likeness (QED) is 0.181. The Labute approximate surface area is 222 Å². The number of halogens is 2. The van der Waals surface area contributed by atoms with Gasteiger partial charge in [0.1, 0.15) is 17.7 Å². The number of nitrogen functional groups attached to an aromatic ring is 1. The maximum atomic E-state index is 15.6. The monoisotopic (exact) mass is 526 g/mol. The van der Waals surface area contributed by atoms with Crippen LogP contribution in [0.25, 0.3) is 5.69 Å². The minimum Gasteiger partial charge on any atom is -0.454 e. The zero-order valence-electron chi connectivity index (χ0n) is 22.3. The summed E-state index contributed by atoms with van der Waals surface area (Å²) >= 11 is 0. The fourth-order valence-electron chi connectivity index (χ4n) is 3.75. The van der Waals surface area contributed by atoms with Crippen molar-refractivity contribution in [2.45, 2.75) is 52.1 Å². The van der Waals surface area contributed by atoms with E-state index in [0.29, 0.717) is 18.0 Å². The van der Waals surface area contributed by atoms with Gasteiger partial charge in [0.2, 0.25) is 5.79 Å². The van der Waals surface area contributed by atoms with Crippen molar-refractivity contribution in [1.82, 2.24) is 20.4 Å². The first-order valence-corrected chi connectivity index (χ1v) is 12.1. The number of aliphatic hydroxyl groups excluding tert-OH is 1. The van der Waals surface area contributed by atoms with Crippen LogP contribution in [0.3, 0.4) is 0 Å². The van der Waals surface area contributed by atoms with Gasteiger partial charge in [-0.3, -0.25) is 0 Å². The van der Waals surface area contributed by atoms with Crippen LogP contribution in [0.5, 0.6) is 11.5 Å². The standard InChI is InChI=1S/C28H36F2N6O2/c1-17-13-20(38-24-10-8-7-9-22(24)29)11-12-23(17)36-26(31)21(15-34-36)25(37)28(6,30)35-19(3)14-18(2)33-16-27(4,5)32/h7-15,25,33,35,37H,3,16,31-32H2,1-2,4-6H3/b18-14+. The minimum absolute atomic E-state index is 0.0678. The zero-order valence-corrected chi connectivity index (χ0v) is 22.3. The van der Waals surface area contributed by atoms with E-state index in [1.165, 1.54) is 29.9 Å². The van der Waals surface area contributed by atoms with Gasteiger partial charge in [0.25, 0.3) is 0 Å². The van der Waals surface area contributed by atoms with Crippen LogP contribution in [-0.4, -0.2) is 32.8 Å². The van der Waals surface area contributed by atoms with E-state index in [1.807, 2.05) is 20.8 Å². The molecular formula is C28H36F2N6O2. The third-order valence-electron chi connectivity index (χ3n) is 5.72.